The van der Waals surface area contributed by atoms with Crippen LogP contribution in [0.1, 0.15) is 17.7 Å². The third-order valence-corrected chi connectivity index (χ3v) is 3.27. The molecule has 0 unspecified atom stereocenters. The van der Waals surface area contributed by atoms with Gasteiger partial charge >= 0.3 is 0 Å². The van der Waals surface area contributed by atoms with Crippen LogP contribution in [0.3, 0.4) is 0 Å². The van der Waals surface area contributed by atoms with Crippen LogP contribution in [0.2, 0.25) is 5.15 Å². The Balaban J connectivity index is 2.68. The van der Waals surface area contributed by atoms with E-state index in [9.17, 15) is 8.78 Å². The molecule has 2 aromatic rings. The van der Waals surface area contributed by atoms with Gasteiger partial charge < -0.3 is 0 Å². The minimum absolute atomic E-state index is 0.125. The molecule has 0 amide bonds. The van der Waals surface area contributed by atoms with Crippen molar-refractivity contribution in [3.63, 3.8) is 0 Å². The highest BCUT2D eigenvalue weighted by molar-refractivity contribution is 9.10. The molecule has 18 heavy (non-hydrogen) atoms. The lowest BCUT2D eigenvalue weighted by Crippen LogP contribution is -1.98. The molecule has 0 saturated carbocycles. The maximum Gasteiger partial charge on any atom is 0.283 e. The van der Waals surface area contributed by atoms with Crippen LogP contribution in [-0.4, -0.2) is 9.78 Å². The Labute approximate surface area is 115 Å². The molecule has 2 rings (SSSR count). The van der Waals surface area contributed by atoms with Crippen LogP contribution in [0.25, 0.3) is 5.69 Å². The summed E-state index contributed by atoms with van der Waals surface area (Å²) in [4.78, 5) is 0. The van der Waals surface area contributed by atoms with Gasteiger partial charge in [0.05, 0.1) is 5.69 Å². The second-order valence-corrected chi connectivity index (χ2v) is 4.54. The summed E-state index contributed by atoms with van der Waals surface area (Å²) in [6, 6.07) is 8.50. The molecule has 0 spiro atoms. The van der Waals surface area contributed by atoms with Crippen molar-refractivity contribution >= 4 is 27.5 Å². The monoisotopic (exact) mass is 331 g/mol. The van der Waals surface area contributed by atoms with E-state index in [0.29, 0.717) is 10.2 Å². The summed E-state index contributed by atoms with van der Waals surface area (Å²) in [5.41, 5.74) is -0.424. The van der Waals surface area contributed by atoms with Gasteiger partial charge in [0, 0.05) is 4.47 Å². The SMILES string of the molecule is N#Cc1c(C(F)F)nn(-c2ccccc2Br)c1Cl. The molecule has 0 aliphatic heterocycles. The van der Waals surface area contributed by atoms with Crippen molar-refractivity contribution in [3.8, 4) is 11.8 Å². The van der Waals surface area contributed by atoms with E-state index >= 15 is 0 Å². The van der Waals surface area contributed by atoms with Crippen LogP contribution in [0, 0.1) is 11.3 Å². The molecule has 0 aliphatic rings. The molecule has 3 nitrogen and oxygen atoms in total. The largest absolute Gasteiger partial charge is 0.283 e. The van der Waals surface area contributed by atoms with E-state index in [2.05, 4.69) is 21.0 Å². The van der Waals surface area contributed by atoms with Crippen LogP contribution < -0.4 is 0 Å². The average Bonchev–Trinajstić information content (AvgIpc) is 2.67. The Hall–Kier alpha value is -1.45. The summed E-state index contributed by atoms with van der Waals surface area (Å²) >= 11 is 9.17. The topological polar surface area (TPSA) is 41.6 Å². The lowest BCUT2D eigenvalue weighted by atomic mass is 10.3. The summed E-state index contributed by atoms with van der Waals surface area (Å²) in [5, 5.41) is 12.4. The van der Waals surface area contributed by atoms with Gasteiger partial charge in [-0.2, -0.15) is 10.4 Å². The first-order chi connectivity index (χ1) is 8.56. The Morgan fingerprint density at radius 2 is 2.06 bits per heavy atom. The lowest BCUT2D eigenvalue weighted by Gasteiger charge is -2.04. The molecule has 7 heteroatoms. The molecule has 0 aliphatic carbocycles. The van der Waals surface area contributed by atoms with Crippen LogP contribution in [0.15, 0.2) is 28.7 Å². The molecule has 1 heterocycles. The Morgan fingerprint density at radius 3 is 2.56 bits per heavy atom. The van der Waals surface area contributed by atoms with E-state index in [1.165, 1.54) is 0 Å². The zero-order valence-corrected chi connectivity index (χ0v) is 11.1. The number of aromatic nitrogens is 2. The number of rotatable bonds is 2. The Kier molecular flexibility index (Phi) is 3.64. The number of halogens is 4. The maximum absolute atomic E-state index is 12.7. The predicted octanol–water partition coefficient (Wildman–Crippen LogP) is 4.10. The zero-order valence-electron chi connectivity index (χ0n) is 8.74. The first-order valence-corrected chi connectivity index (χ1v) is 5.95. The van der Waals surface area contributed by atoms with Gasteiger partial charge in [-0.15, -0.1) is 0 Å². The average molecular weight is 333 g/mol. The Morgan fingerprint density at radius 1 is 1.39 bits per heavy atom. The van der Waals surface area contributed by atoms with Crippen molar-refractivity contribution in [1.29, 1.82) is 5.26 Å². The highest BCUT2D eigenvalue weighted by atomic mass is 79.9. The molecular formula is C11H5BrClF2N3. The van der Waals surface area contributed by atoms with Gasteiger partial charge in [0.15, 0.2) is 5.15 Å². The van der Waals surface area contributed by atoms with Crippen LogP contribution >= 0.6 is 27.5 Å². The highest BCUT2D eigenvalue weighted by Crippen LogP contribution is 2.31. The molecule has 1 aromatic heterocycles. The number of benzene rings is 1. The number of hydrogen-bond acceptors (Lipinski definition) is 2. The molecule has 0 saturated heterocycles. The normalized spacial score (nSPS) is 10.7. The molecule has 0 radical (unpaired) electrons. The molecule has 0 fully saturated rings. The fraction of sp³-hybridized carbons (Fsp3) is 0.0909. The number of hydrogen-bond donors (Lipinski definition) is 0. The highest BCUT2D eigenvalue weighted by Gasteiger charge is 2.24. The van der Waals surface area contributed by atoms with Gasteiger partial charge in [0.1, 0.15) is 17.3 Å². The number of nitriles is 1. The van der Waals surface area contributed by atoms with E-state index in [-0.39, 0.29) is 10.7 Å². The van der Waals surface area contributed by atoms with Crippen molar-refractivity contribution < 1.29 is 8.78 Å². The van der Waals surface area contributed by atoms with E-state index in [1.54, 1.807) is 30.3 Å². The quantitative estimate of drug-likeness (QED) is 0.831. The minimum atomic E-state index is -2.85. The van der Waals surface area contributed by atoms with Crippen molar-refractivity contribution in [1.82, 2.24) is 9.78 Å². The van der Waals surface area contributed by atoms with Crippen molar-refractivity contribution in [2.45, 2.75) is 6.43 Å². The Bertz CT molecular complexity index is 634. The number of nitrogens with zero attached hydrogens (tertiary/aromatic N) is 3. The molecule has 1 aromatic carbocycles. The van der Waals surface area contributed by atoms with Crippen molar-refractivity contribution in [2.75, 3.05) is 0 Å². The first kappa shape index (κ1) is 13.0. The van der Waals surface area contributed by atoms with Gasteiger partial charge in [-0.3, -0.25) is 0 Å². The summed E-state index contributed by atoms with van der Waals surface area (Å²) in [6.07, 6.45) is -2.85. The molecule has 0 atom stereocenters. The van der Waals surface area contributed by atoms with Gasteiger partial charge in [0.2, 0.25) is 0 Å². The second-order valence-electron chi connectivity index (χ2n) is 3.33. The fourth-order valence-corrected chi connectivity index (χ4v) is 2.17. The molecule has 92 valence electrons. The smallest absolute Gasteiger partial charge is 0.219 e. The van der Waals surface area contributed by atoms with E-state index in [4.69, 9.17) is 16.9 Å². The van der Waals surface area contributed by atoms with Crippen molar-refractivity contribution in [3.05, 3.63) is 45.1 Å². The fourth-order valence-electron chi connectivity index (χ4n) is 1.45. The van der Waals surface area contributed by atoms with E-state index < -0.39 is 12.1 Å². The standard InChI is InChI=1S/C11H5BrClF2N3/c12-7-3-1-2-4-8(7)18-10(13)6(5-16)9(17-18)11(14)15/h1-4,11H. The van der Waals surface area contributed by atoms with Gasteiger partial charge in [-0.25, -0.2) is 13.5 Å². The lowest BCUT2D eigenvalue weighted by molar-refractivity contribution is 0.145. The molecular weight excluding hydrogens is 327 g/mol. The third kappa shape index (κ3) is 2.11. The predicted molar refractivity (Wildman–Crippen MR) is 65.9 cm³/mol. The van der Waals surface area contributed by atoms with Crippen LogP contribution in [0.5, 0.6) is 0 Å². The van der Waals surface area contributed by atoms with E-state index in [0.717, 1.165) is 4.68 Å². The van der Waals surface area contributed by atoms with Crippen LogP contribution in [0.4, 0.5) is 8.78 Å². The summed E-state index contributed by atoms with van der Waals surface area (Å²) < 4.78 is 27.2. The zero-order chi connectivity index (χ0) is 13.3. The van der Waals surface area contributed by atoms with Gasteiger partial charge in [-0.1, -0.05) is 23.7 Å². The molecule has 0 N–H and O–H groups in total. The summed E-state index contributed by atoms with van der Waals surface area (Å²) in [5.74, 6) is 0. The number of para-hydroxylation sites is 1. The summed E-state index contributed by atoms with van der Waals surface area (Å²) in [7, 11) is 0. The third-order valence-electron chi connectivity index (χ3n) is 2.26. The summed E-state index contributed by atoms with van der Waals surface area (Å²) in [6.45, 7) is 0. The van der Waals surface area contributed by atoms with Crippen molar-refractivity contribution in [2.24, 2.45) is 0 Å². The number of alkyl halides is 2. The van der Waals surface area contributed by atoms with E-state index in [1.807, 2.05) is 0 Å². The molecule has 0 bridgehead atoms. The first-order valence-electron chi connectivity index (χ1n) is 4.77. The minimum Gasteiger partial charge on any atom is -0.219 e. The second kappa shape index (κ2) is 5.04. The maximum atomic E-state index is 12.7. The van der Waals surface area contributed by atoms with Gasteiger partial charge in [-0.05, 0) is 28.1 Å². The van der Waals surface area contributed by atoms with Gasteiger partial charge in [0.25, 0.3) is 6.43 Å². The van der Waals surface area contributed by atoms with Crippen LogP contribution in [-0.2, 0) is 0 Å².